The third kappa shape index (κ3) is 12.4. The molecule has 0 saturated heterocycles. The molecule has 3 atom stereocenters. The molecule has 0 heterocycles. The molecule has 0 saturated carbocycles. The van der Waals surface area contributed by atoms with E-state index in [-0.39, 0.29) is 19.4 Å². The molecule has 3 aromatic rings. The maximum atomic E-state index is 14.4. The zero-order valence-corrected chi connectivity index (χ0v) is 30.0. The molecule has 0 aliphatic heterocycles. The molecule has 0 unspecified atom stereocenters. The minimum Gasteiger partial charge on any atom is -0.444 e. The zero-order chi connectivity index (χ0) is 36.4. The number of alkyl carbamates (subject to hydrolysis) is 1. The van der Waals surface area contributed by atoms with Crippen LogP contribution >= 0.6 is 0 Å². The summed E-state index contributed by atoms with van der Waals surface area (Å²) in [5, 5.41) is 17.5. The molecule has 0 spiro atoms. The van der Waals surface area contributed by atoms with Crippen LogP contribution in [-0.2, 0) is 32.0 Å². The Bertz CT molecular complexity index is 1610. The molecule has 0 aromatic heterocycles. The van der Waals surface area contributed by atoms with Crippen molar-refractivity contribution in [3.05, 3.63) is 96.1 Å². The largest absolute Gasteiger partial charge is 0.444 e. The predicted molar refractivity (Wildman–Crippen MR) is 193 cm³/mol. The van der Waals surface area contributed by atoms with Gasteiger partial charge in [0.05, 0.1) is 6.10 Å². The lowest BCUT2D eigenvalue weighted by atomic mass is 9.98. The number of hydrogen-bond donors (Lipinski definition) is 3. The van der Waals surface area contributed by atoms with E-state index >= 15 is 0 Å². The second-order valence-corrected chi connectivity index (χ2v) is 14.2. The fourth-order valence-corrected chi connectivity index (χ4v) is 5.33. The lowest BCUT2D eigenvalue weighted by Gasteiger charge is -2.34. The number of carbonyl (C=O) groups excluding carboxylic acids is 4. The number of benzene rings is 3. The van der Waals surface area contributed by atoms with Crippen LogP contribution in [0.15, 0.2) is 84.9 Å². The number of nitrogens with one attached hydrogen (secondary N) is 2. The molecule has 3 aromatic carbocycles. The molecule has 10 nitrogen and oxygen atoms in total. The third-order valence-corrected chi connectivity index (χ3v) is 8.03. The number of hydrogen-bond acceptors (Lipinski definition) is 6. The summed E-state index contributed by atoms with van der Waals surface area (Å²) in [7, 11) is 3.15. The highest BCUT2D eigenvalue weighted by molar-refractivity contribution is 5.95. The van der Waals surface area contributed by atoms with Crippen LogP contribution in [0.5, 0.6) is 0 Å². The Hall–Kier alpha value is -4.70. The molecular formula is C39H52N4O6. The molecular weight excluding hydrogens is 620 g/mol. The minimum absolute atomic E-state index is 0.0367. The van der Waals surface area contributed by atoms with Gasteiger partial charge in [0.2, 0.25) is 17.7 Å². The van der Waals surface area contributed by atoms with Crippen LogP contribution in [0.4, 0.5) is 4.79 Å². The van der Waals surface area contributed by atoms with E-state index < -0.39 is 53.1 Å². The molecule has 3 rings (SSSR count). The molecule has 49 heavy (non-hydrogen) atoms. The molecule has 0 fully saturated rings. The van der Waals surface area contributed by atoms with Gasteiger partial charge in [-0.25, -0.2) is 4.79 Å². The Morgan fingerprint density at radius 3 is 2.06 bits per heavy atom. The number of ether oxygens (including phenoxy) is 1. The van der Waals surface area contributed by atoms with Crippen LogP contribution < -0.4 is 10.6 Å². The Kier molecular flexibility index (Phi) is 13.5. The first kappa shape index (κ1) is 38.7. The fourth-order valence-electron chi connectivity index (χ4n) is 5.33. The maximum absolute atomic E-state index is 14.4. The van der Waals surface area contributed by atoms with Crippen molar-refractivity contribution in [3.63, 3.8) is 0 Å². The molecule has 4 amide bonds. The van der Waals surface area contributed by atoms with Gasteiger partial charge in [0.25, 0.3) is 0 Å². The van der Waals surface area contributed by atoms with Gasteiger partial charge >= 0.3 is 6.09 Å². The van der Waals surface area contributed by atoms with Gasteiger partial charge in [-0.15, -0.1) is 0 Å². The number of aliphatic hydroxyl groups is 1. The van der Waals surface area contributed by atoms with Gasteiger partial charge < -0.3 is 30.3 Å². The highest BCUT2D eigenvalue weighted by atomic mass is 16.6. The van der Waals surface area contributed by atoms with Crippen molar-refractivity contribution in [3.8, 4) is 0 Å². The van der Waals surface area contributed by atoms with Gasteiger partial charge in [-0.1, -0.05) is 78.9 Å². The summed E-state index contributed by atoms with van der Waals surface area (Å²) < 4.78 is 5.37. The molecule has 10 heteroatoms. The summed E-state index contributed by atoms with van der Waals surface area (Å²) in [6, 6.07) is 21.4. The molecule has 0 radical (unpaired) electrons. The van der Waals surface area contributed by atoms with E-state index in [1.54, 1.807) is 47.9 Å². The normalized spacial score (nSPS) is 13.7. The van der Waals surface area contributed by atoms with Gasteiger partial charge in [0.1, 0.15) is 17.7 Å². The molecule has 0 aliphatic rings. The van der Waals surface area contributed by atoms with Gasteiger partial charge in [-0.05, 0) is 75.9 Å². The van der Waals surface area contributed by atoms with Gasteiger partial charge in [0.15, 0.2) is 0 Å². The number of carbonyl (C=O) groups is 4. The predicted octanol–water partition coefficient (Wildman–Crippen LogP) is 5.03. The number of likely N-dealkylation sites (N-methyl/N-ethyl adjacent to an activating group) is 2. The van der Waals surface area contributed by atoms with Crippen molar-refractivity contribution in [2.75, 3.05) is 20.6 Å². The second kappa shape index (κ2) is 17.1. The van der Waals surface area contributed by atoms with Crippen LogP contribution in [-0.4, -0.2) is 88.7 Å². The highest BCUT2D eigenvalue weighted by Gasteiger charge is 2.35. The summed E-state index contributed by atoms with van der Waals surface area (Å²) in [5.74, 6) is -1.21. The molecule has 3 N–H and O–H groups in total. The van der Waals surface area contributed by atoms with E-state index in [9.17, 15) is 24.3 Å². The maximum Gasteiger partial charge on any atom is 0.408 e. The van der Waals surface area contributed by atoms with E-state index in [1.165, 1.54) is 15.9 Å². The van der Waals surface area contributed by atoms with E-state index in [4.69, 9.17) is 4.74 Å². The van der Waals surface area contributed by atoms with Crippen molar-refractivity contribution < 1.29 is 29.0 Å². The van der Waals surface area contributed by atoms with Crippen molar-refractivity contribution >= 4 is 34.6 Å². The standard InChI is InChI=1S/C39H52N4O6/c1-27(44)26-40-35(46)32(24-28-15-10-9-11-16-28)43(8)36(47)33(25-29-20-21-30-17-12-13-18-31(30)23-29)42(7)34(45)19-14-22-39(5,6)41-37(48)49-38(2,3)4/h9-21,23,27,32-33,44H,22,24-26H2,1-8H3,(H,40,46)(H,41,48)/b19-14+/t27-,32+,33+/m0/s1. The average Bonchev–Trinajstić information content (AvgIpc) is 3.03. The van der Waals surface area contributed by atoms with Crippen LogP contribution in [0.2, 0.25) is 0 Å². The first-order valence-electron chi connectivity index (χ1n) is 16.6. The number of nitrogens with zero attached hydrogens (tertiary/aromatic N) is 2. The first-order chi connectivity index (χ1) is 23.0. The van der Waals surface area contributed by atoms with E-state index in [2.05, 4.69) is 10.6 Å². The van der Waals surface area contributed by atoms with E-state index in [0.29, 0.717) is 6.42 Å². The smallest absolute Gasteiger partial charge is 0.408 e. The number of aliphatic hydroxyl groups excluding tert-OH is 1. The van der Waals surface area contributed by atoms with Crippen LogP contribution in [0, 0.1) is 0 Å². The number of fused-ring (bicyclic) bond motifs is 1. The van der Waals surface area contributed by atoms with Gasteiger partial charge in [0, 0.05) is 39.0 Å². The van der Waals surface area contributed by atoms with Crippen molar-refractivity contribution in [1.29, 1.82) is 0 Å². The minimum atomic E-state index is -0.945. The second-order valence-electron chi connectivity index (χ2n) is 14.2. The van der Waals surface area contributed by atoms with E-state index in [0.717, 1.165) is 21.9 Å². The highest BCUT2D eigenvalue weighted by Crippen LogP contribution is 2.21. The fraction of sp³-hybridized carbons (Fsp3) is 0.436. The van der Waals surface area contributed by atoms with Crippen LogP contribution in [0.3, 0.4) is 0 Å². The molecule has 264 valence electrons. The van der Waals surface area contributed by atoms with Gasteiger partial charge in [-0.2, -0.15) is 0 Å². The molecule has 0 aliphatic carbocycles. The average molecular weight is 673 g/mol. The lowest BCUT2D eigenvalue weighted by Crippen LogP contribution is -2.56. The summed E-state index contributed by atoms with van der Waals surface area (Å²) >= 11 is 0. The molecule has 0 bridgehead atoms. The Morgan fingerprint density at radius 2 is 1.43 bits per heavy atom. The Labute approximate surface area is 290 Å². The quantitative estimate of drug-likeness (QED) is 0.206. The Morgan fingerprint density at radius 1 is 0.816 bits per heavy atom. The van der Waals surface area contributed by atoms with Crippen molar-refractivity contribution in [2.45, 2.75) is 90.1 Å². The monoisotopic (exact) mass is 672 g/mol. The summed E-state index contributed by atoms with van der Waals surface area (Å²) in [5.41, 5.74) is 0.365. The topological polar surface area (TPSA) is 128 Å². The van der Waals surface area contributed by atoms with Crippen LogP contribution in [0.1, 0.15) is 59.1 Å². The number of amides is 4. The zero-order valence-electron chi connectivity index (χ0n) is 30.0. The summed E-state index contributed by atoms with van der Waals surface area (Å²) in [6.45, 7) is 10.6. The number of rotatable bonds is 14. The van der Waals surface area contributed by atoms with Crippen molar-refractivity contribution in [2.24, 2.45) is 0 Å². The summed E-state index contributed by atoms with van der Waals surface area (Å²) in [4.78, 5) is 56.7. The first-order valence-corrected chi connectivity index (χ1v) is 16.6. The third-order valence-electron chi connectivity index (χ3n) is 8.03. The van der Waals surface area contributed by atoms with Crippen molar-refractivity contribution in [1.82, 2.24) is 20.4 Å². The Balaban J connectivity index is 1.89. The van der Waals surface area contributed by atoms with Crippen LogP contribution in [0.25, 0.3) is 10.8 Å². The SMILES string of the molecule is C[C@H](O)CNC(=O)[C@@H](Cc1ccccc1)N(C)C(=O)[C@@H](Cc1ccc2ccccc2c1)N(C)C(=O)/C=C/CC(C)(C)NC(=O)OC(C)(C)C. The summed E-state index contributed by atoms with van der Waals surface area (Å²) in [6.07, 6.45) is 2.54. The van der Waals surface area contributed by atoms with Gasteiger partial charge in [-0.3, -0.25) is 14.4 Å². The lowest BCUT2D eigenvalue weighted by molar-refractivity contribution is -0.146. The van der Waals surface area contributed by atoms with E-state index in [1.807, 2.05) is 86.6 Å².